The third kappa shape index (κ3) is 1.98. The van der Waals surface area contributed by atoms with Gasteiger partial charge in [0.25, 0.3) is 0 Å². The third-order valence-electron chi connectivity index (χ3n) is 4.00. The standard InChI is InChI=1S/C19H14N2S/c20-19(22)13-6-3-5-12(11-13)14-8-4-9-16-15-7-1-2-10-17(15)21-18(14)16/h1-11,21H,(H2,20,22). The molecule has 0 aliphatic carbocycles. The molecular weight excluding hydrogens is 288 g/mol. The molecule has 0 amide bonds. The molecule has 22 heavy (non-hydrogen) atoms. The molecule has 1 aromatic heterocycles. The van der Waals surface area contributed by atoms with Gasteiger partial charge in [-0.15, -0.1) is 0 Å². The van der Waals surface area contributed by atoms with Gasteiger partial charge in [0.1, 0.15) is 4.99 Å². The first-order valence-electron chi connectivity index (χ1n) is 7.14. The maximum atomic E-state index is 5.76. The van der Waals surface area contributed by atoms with Crippen LogP contribution >= 0.6 is 12.2 Å². The molecule has 106 valence electrons. The first kappa shape index (κ1) is 13.0. The van der Waals surface area contributed by atoms with Crippen LogP contribution in [0.4, 0.5) is 0 Å². The van der Waals surface area contributed by atoms with Gasteiger partial charge >= 0.3 is 0 Å². The zero-order valence-corrected chi connectivity index (χ0v) is 12.7. The fraction of sp³-hybridized carbons (Fsp3) is 0. The van der Waals surface area contributed by atoms with Crippen LogP contribution in [0.2, 0.25) is 0 Å². The van der Waals surface area contributed by atoms with Crippen molar-refractivity contribution in [2.45, 2.75) is 0 Å². The first-order valence-corrected chi connectivity index (χ1v) is 7.54. The normalized spacial score (nSPS) is 11.1. The number of thiocarbonyl (C=S) groups is 1. The minimum absolute atomic E-state index is 0.422. The average Bonchev–Trinajstić information content (AvgIpc) is 2.93. The fourth-order valence-corrected chi connectivity index (χ4v) is 3.08. The second-order valence-electron chi connectivity index (χ2n) is 5.34. The zero-order chi connectivity index (χ0) is 15.1. The van der Waals surface area contributed by atoms with Gasteiger partial charge in [0.05, 0.1) is 5.52 Å². The van der Waals surface area contributed by atoms with Crippen LogP contribution in [0.25, 0.3) is 32.9 Å². The Morgan fingerprint density at radius 1 is 0.864 bits per heavy atom. The van der Waals surface area contributed by atoms with E-state index in [0.717, 1.165) is 27.7 Å². The number of benzene rings is 3. The van der Waals surface area contributed by atoms with Crippen LogP contribution < -0.4 is 5.73 Å². The Bertz CT molecular complexity index is 1010. The van der Waals surface area contributed by atoms with E-state index in [9.17, 15) is 0 Å². The third-order valence-corrected chi connectivity index (χ3v) is 4.24. The minimum atomic E-state index is 0.422. The van der Waals surface area contributed by atoms with Gasteiger partial charge in [-0.05, 0) is 17.7 Å². The maximum Gasteiger partial charge on any atom is 0.104 e. The summed E-state index contributed by atoms with van der Waals surface area (Å²) in [5.74, 6) is 0. The van der Waals surface area contributed by atoms with Crippen LogP contribution in [-0.2, 0) is 0 Å². The number of aromatic amines is 1. The smallest absolute Gasteiger partial charge is 0.104 e. The summed E-state index contributed by atoms with van der Waals surface area (Å²) in [7, 11) is 0. The summed E-state index contributed by atoms with van der Waals surface area (Å²) in [6.07, 6.45) is 0. The molecule has 0 saturated carbocycles. The zero-order valence-electron chi connectivity index (χ0n) is 11.8. The number of para-hydroxylation sites is 2. The van der Waals surface area contributed by atoms with Crippen molar-refractivity contribution in [2.75, 3.05) is 0 Å². The molecule has 0 bridgehead atoms. The van der Waals surface area contributed by atoms with E-state index in [2.05, 4.69) is 47.4 Å². The molecule has 0 atom stereocenters. The van der Waals surface area contributed by atoms with Crippen LogP contribution in [0.5, 0.6) is 0 Å². The molecule has 3 aromatic carbocycles. The Balaban J connectivity index is 2.03. The van der Waals surface area contributed by atoms with Crippen molar-refractivity contribution in [3.05, 3.63) is 72.3 Å². The highest BCUT2D eigenvalue weighted by molar-refractivity contribution is 7.80. The van der Waals surface area contributed by atoms with Crippen molar-refractivity contribution in [1.82, 2.24) is 4.98 Å². The molecule has 4 aromatic rings. The van der Waals surface area contributed by atoms with Crippen LogP contribution in [-0.4, -0.2) is 9.97 Å². The van der Waals surface area contributed by atoms with Crippen molar-refractivity contribution >= 4 is 39.0 Å². The molecule has 0 aliphatic rings. The topological polar surface area (TPSA) is 41.8 Å². The van der Waals surface area contributed by atoms with Gasteiger partial charge in [0.2, 0.25) is 0 Å². The van der Waals surface area contributed by atoms with Crippen molar-refractivity contribution in [3.8, 4) is 11.1 Å². The Hall–Kier alpha value is -2.65. The Labute approximate surface area is 133 Å². The molecule has 3 N–H and O–H groups in total. The SMILES string of the molecule is NC(=S)c1cccc(-c2cccc3c2[nH]c2ccccc23)c1. The number of aromatic nitrogens is 1. The molecule has 3 heteroatoms. The summed E-state index contributed by atoms with van der Waals surface area (Å²) >= 11 is 5.09. The van der Waals surface area contributed by atoms with E-state index in [0.29, 0.717) is 4.99 Å². The average molecular weight is 302 g/mol. The van der Waals surface area contributed by atoms with E-state index in [1.165, 1.54) is 10.8 Å². The lowest BCUT2D eigenvalue weighted by atomic mass is 10.0. The van der Waals surface area contributed by atoms with Crippen molar-refractivity contribution in [2.24, 2.45) is 5.73 Å². The summed E-state index contributed by atoms with van der Waals surface area (Å²) in [6.45, 7) is 0. The summed E-state index contributed by atoms with van der Waals surface area (Å²) < 4.78 is 0. The van der Waals surface area contributed by atoms with E-state index < -0.39 is 0 Å². The second kappa shape index (κ2) is 4.97. The predicted octanol–water partition coefficient (Wildman–Crippen LogP) is 4.62. The highest BCUT2D eigenvalue weighted by atomic mass is 32.1. The van der Waals surface area contributed by atoms with E-state index in [-0.39, 0.29) is 0 Å². The summed E-state index contributed by atoms with van der Waals surface area (Å²) in [6, 6.07) is 22.8. The number of H-pyrrole nitrogens is 1. The van der Waals surface area contributed by atoms with Crippen LogP contribution in [0.3, 0.4) is 0 Å². The Kier molecular flexibility index (Phi) is 2.94. The molecule has 0 aliphatic heterocycles. The maximum absolute atomic E-state index is 5.76. The largest absolute Gasteiger partial charge is 0.389 e. The van der Waals surface area contributed by atoms with E-state index in [1.807, 2.05) is 24.3 Å². The number of hydrogen-bond acceptors (Lipinski definition) is 1. The van der Waals surface area contributed by atoms with Gasteiger partial charge in [-0.2, -0.15) is 0 Å². The monoisotopic (exact) mass is 302 g/mol. The molecule has 0 radical (unpaired) electrons. The molecule has 2 nitrogen and oxygen atoms in total. The van der Waals surface area contributed by atoms with E-state index in [1.54, 1.807) is 0 Å². The highest BCUT2D eigenvalue weighted by Crippen LogP contribution is 2.33. The number of nitrogens with two attached hydrogens (primary N) is 1. The van der Waals surface area contributed by atoms with Crippen LogP contribution in [0, 0.1) is 0 Å². The molecule has 1 heterocycles. The molecule has 4 rings (SSSR count). The van der Waals surface area contributed by atoms with Gasteiger partial charge in [0, 0.05) is 27.4 Å². The molecule has 0 unspecified atom stereocenters. The first-order chi connectivity index (χ1) is 10.7. The van der Waals surface area contributed by atoms with Gasteiger partial charge in [0.15, 0.2) is 0 Å². The Morgan fingerprint density at radius 3 is 2.50 bits per heavy atom. The predicted molar refractivity (Wildman–Crippen MR) is 97.1 cm³/mol. The summed E-state index contributed by atoms with van der Waals surface area (Å²) in [5.41, 5.74) is 11.2. The molecule has 0 spiro atoms. The number of hydrogen-bond donors (Lipinski definition) is 2. The number of nitrogens with one attached hydrogen (secondary N) is 1. The minimum Gasteiger partial charge on any atom is -0.389 e. The number of rotatable bonds is 2. The molecule has 0 fully saturated rings. The number of fused-ring (bicyclic) bond motifs is 3. The lowest BCUT2D eigenvalue weighted by molar-refractivity contribution is 1.53. The van der Waals surface area contributed by atoms with Crippen molar-refractivity contribution in [1.29, 1.82) is 0 Å². The lowest BCUT2D eigenvalue weighted by Gasteiger charge is -2.06. The lowest BCUT2D eigenvalue weighted by Crippen LogP contribution is -2.08. The van der Waals surface area contributed by atoms with Crippen molar-refractivity contribution in [3.63, 3.8) is 0 Å². The quantitative estimate of drug-likeness (QED) is 0.530. The van der Waals surface area contributed by atoms with Gasteiger partial charge in [-0.3, -0.25) is 0 Å². The Morgan fingerprint density at radius 2 is 1.64 bits per heavy atom. The summed E-state index contributed by atoms with van der Waals surface area (Å²) in [5, 5.41) is 2.47. The second-order valence-corrected chi connectivity index (χ2v) is 5.78. The van der Waals surface area contributed by atoms with Crippen LogP contribution in [0.1, 0.15) is 5.56 Å². The highest BCUT2D eigenvalue weighted by Gasteiger charge is 2.09. The van der Waals surface area contributed by atoms with E-state index >= 15 is 0 Å². The fourth-order valence-electron chi connectivity index (χ4n) is 2.95. The van der Waals surface area contributed by atoms with Crippen molar-refractivity contribution < 1.29 is 0 Å². The van der Waals surface area contributed by atoms with Gasteiger partial charge < -0.3 is 10.7 Å². The summed E-state index contributed by atoms with van der Waals surface area (Å²) in [4.78, 5) is 3.95. The molecule has 0 saturated heterocycles. The van der Waals surface area contributed by atoms with Gasteiger partial charge in [-0.25, -0.2) is 0 Å². The van der Waals surface area contributed by atoms with Gasteiger partial charge in [-0.1, -0.05) is 66.8 Å². The van der Waals surface area contributed by atoms with E-state index in [4.69, 9.17) is 18.0 Å². The molecular formula is C19H14N2S. The van der Waals surface area contributed by atoms with Crippen LogP contribution in [0.15, 0.2) is 66.7 Å².